The SMILES string of the molecule is O=c1[nH]c(-c2ccc(O)c(O)c2)nc2cc(Cl)ccc12. The number of aromatic nitrogens is 2. The molecule has 0 fully saturated rings. The maximum Gasteiger partial charge on any atom is 0.259 e. The van der Waals surface area contributed by atoms with Crippen LogP contribution in [0, 0.1) is 0 Å². The molecular weight excluding hydrogens is 280 g/mol. The van der Waals surface area contributed by atoms with E-state index in [2.05, 4.69) is 9.97 Å². The summed E-state index contributed by atoms with van der Waals surface area (Å²) in [5.41, 5.74) is 0.650. The number of nitrogens with zero attached hydrogens (tertiary/aromatic N) is 1. The van der Waals surface area contributed by atoms with Gasteiger partial charge in [-0.15, -0.1) is 0 Å². The summed E-state index contributed by atoms with van der Waals surface area (Å²) in [5.74, 6) is -0.226. The van der Waals surface area contributed by atoms with Crippen LogP contribution in [0.2, 0.25) is 5.02 Å². The van der Waals surface area contributed by atoms with Crippen LogP contribution < -0.4 is 5.56 Å². The Labute approximate surface area is 118 Å². The smallest absolute Gasteiger partial charge is 0.259 e. The van der Waals surface area contributed by atoms with Gasteiger partial charge in [-0.1, -0.05) is 11.6 Å². The van der Waals surface area contributed by atoms with Crippen molar-refractivity contribution in [3.05, 3.63) is 51.8 Å². The summed E-state index contributed by atoms with van der Waals surface area (Å²) in [6, 6.07) is 9.00. The van der Waals surface area contributed by atoms with Crippen molar-refractivity contribution in [3.8, 4) is 22.9 Å². The molecule has 3 aromatic rings. The number of benzene rings is 2. The lowest BCUT2D eigenvalue weighted by Crippen LogP contribution is -2.09. The molecule has 100 valence electrons. The molecule has 0 radical (unpaired) electrons. The largest absolute Gasteiger partial charge is 0.504 e. The van der Waals surface area contributed by atoms with Crippen molar-refractivity contribution in [2.75, 3.05) is 0 Å². The number of H-pyrrole nitrogens is 1. The molecule has 1 aromatic heterocycles. The first-order chi connectivity index (χ1) is 9.54. The molecule has 0 aliphatic rings. The quantitative estimate of drug-likeness (QED) is 0.601. The monoisotopic (exact) mass is 288 g/mol. The highest BCUT2D eigenvalue weighted by atomic mass is 35.5. The van der Waals surface area contributed by atoms with Crippen LogP contribution in [0.4, 0.5) is 0 Å². The van der Waals surface area contributed by atoms with Gasteiger partial charge < -0.3 is 15.2 Å². The highest BCUT2D eigenvalue weighted by molar-refractivity contribution is 6.31. The van der Waals surface area contributed by atoms with E-state index in [0.717, 1.165) is 0 Å². The summed E-state index contributed by atoms with van der Waals surface area (Å²) in [6.45, 7) is 0. The molecule has 0 atom stereocenters. The molecule has 0 saturated heterocycles. The van der Waals surface area contributed by atoms with Crippen molar-refractivity contribution in [3.63, 3.8) is 0 Å². The van der Waals surface area contributed by atoms with E-state index in [0.29, 0.717) is 27.3 Å². The number of aromatic hydroxyl groups is 2. The second kappa shape index (κ2) is 4.54. The molecule has 0 amide bonds. The molecule has 0 unspecified atom stereocenters. The number of phenolic OH excluding ortho intramolecular Hbond substituents is 2. The molecule has 0 bridgehead atoms. The minimum Gasteiger partial charge on any atom is -0.504 e. The second-order valence-corrected chi connectivity index (χ2v) is 4.72. The van der Waals surface area contributed by atoms with Crippen LogP contribution in [0.25, 0.3) is 22.3 Å². The first kappa shape index (κ1) is 12.5. The van der Waals surface area contributed by atoms with Crippen LogP contribution in [-0.4, -0.2) is 20.2 Å². The van der Waals surface area contributed by atoms with E-state index in [1.165, 1.54) is 12.1 Å². The molecule has 6 heteroatoms. The van der Waals surface area contributed by atoms with Gasteiger partial charge in [-0.3, -0.25) is 4.79 Å². The van der Waals surface area contributed by atoms with Crippen LogP contribution in [0.15, 0.2) is 41.2 Å². The Kier molecular flexibility index (Phi) is 2.84. The predicted octanol–water partition coefficient (Wildman–Crippen LogP) is 2.65. The first-order valence-corrected chi connectivity index (χ1v) is 6.14. The normalized spacial score (nSPS) is 10.8. The third kappa shape index (κ3) is 2.08. The zero-order valence-corrected chi connectivity index (χ0v) is 10.8. The fraction of sp³-hybridized carbons (Fsp3) is 0. The molecule has 2 aromatic carbocycles. The third-order valence-electron chi connectivity index (χ3n) is 2.92. The number of fused-ring (bicyclic) bond motifs is 1. The number of aromatic amines is 1. The lowest BCUT2D eigenvalue weighted by atomic mass is 10.1. The van der Waals surface area contributed by atoms with Gasteiger partial charge in [0.15, 0.2) is 11.5 Å². The van der Waals surface area contributed by atoms with E-state index in [4.69, 9.17) is 11.6 Å². The average molecular weight is 289 g/mol. The van der Waals surface area contributed by atoms with Crippen LogP contribution in [0.3, 0.4) is 0 Å². The predicted molar refractivity (Wildman–Crippen MR) is 76.1 cm³/mol. The molecular formula is C14H9ClN2O3. The van der Waals surface area contributed by atoms with E-state index in [-0.39, 0.29) is 17.1 Å². The molecule has 5 nitrogen and oxygen atoms in total. The zero-order chi connectivity index (χ0) is 14.3. The standard InChI is InChI=1S/C14H9ClN2O3/c15-8-2-3-9-10(6-8)16-13(17-14(9)20)7-1-4-11(18)12(19)5-7/h1-6,18-19H,(H,16,17,20). The Hall–Kier alpha value is -2.53. The maximum atomic E-state index is 12.0. The molecule has 1 heterocycles. The Balaban J connectivity index is 2.26. The van der Waals surface area contributed by atoms with E-state index in [9.17, 15) is 15.0 Å². The number of rotatable bonds is 1. The van der Waals surface area contributed by atoms with Crippen LogP contribution in [0.1, 0.15) is 0 Å². The summed E-state index contributed by atoms with van der Waals surface area (Å²) in [4.78, 5) is 18.9. The fourth-order valence-electron chi connectivity index (χ4n) is 1.92. The lowest BCUT2D eigenvalue weighted by Gasteiger charge is -2.05. The summed E-state index contributed by atoms with van der Waals surface area (Å²) >= 11 is 5.89. The summed E-state index contributed by atoms with van der Waals surface area (Å²) in [6.07, 6.45) is 0. The maximum absolute atomic E-state index is 12.0. The summed E-state index contributed by atoms with van der Waals surface area (Å²) in [5, 5.41) is 19.7. The van der Waals surface area contributed by atoms with Crippen molar-refractivity contribution in [2.45, 2.75) is 0 Å². The van der Waals surface area contributed by atoms with Gasteiger partial charge in [-0.25, -0.2) is 4.98 Å². The molecule has 3 N–H and O–H groups in total. The third-order valence-corrected chi connectivity index (χ3v) is 3.15. The number of hydrogen-bond acceptors (Lipinski definition) is 4. The minimum atomic E-state index is -0.297. The number of nitrogens with one attached hydrogen (secondary N) is 1. The number of phenols is 2. The molecule has 20 heavy (non-hydrogen) atoms. The van der Waals surface area contributed by atoms with Crippen molar-refractivity contribution >= 4 is 22.5 Å². The Morgan fingerprint density at radius 1 is 1.05 bits per heavy atom. The molecule has 0 spiro atoms. The topological polar surface area (TPSA) is 86.2 Å². The average Bonchev–Trinajstić information content (AvgIpc) is 2.41. The van der Waals surface area contributed by atoms with Crippen molar-refractivity contribution in [1.82, 2.24) is 9.97 Å². The van der Waals surface area contributed by atoms with Crippen molar-refractivity contribution in [2.24, 2.45) is 0 Å². The van der Waals surface area contributed by atoms with Gasteiger partial charge in [0.2, 0.25) is 0 Å². The van der Waals surface area contributed by atoms with Gasteiger partial charge in [0, 0.05) is 10.6 Å². The van der Waals surface area contributed by atoms with Gasteiger partial charge in [-0.2, -0.15) is 0 Å². The van der Waals surface area contributed by atoms with E-state index in [1.807, 2.05) is 0 Å². The number of halogens is 1. The van der Waals surface area contributed by atoms with E-state index >= 15 is 0 Å². The minimum absolute atomic E-state index is 0.236. The number of hydrogen-bond donors (Lipinski definition) is 3. The molecule has 3 rings (SSSR count). The highest BCUT2D eigenvalue weighted by Gasteiger charge is 2.08. The first-order valence-electron chi connectivity index (χ1n) is 5.76. The van der Waals surface area contributed by atoms with Crippen LogP contribution >= 0.6 is 11.6 Å². The van der Waals surface area contributed by atoms with E-state index < -0.39 is 0 Å². The molecule has 0 aliphatic heterocycles. The Bertz CT molecular complexity index is 874. The van der Waals surface area contributed by atoms with Crippen molar-refractivity contribution in [1.29, 1.82) is 0 Å². The highest BCUT2D eigenvalue weighted by Crippen LogP contribution is 2.29. The Morgan fingerprint density at radius 3 is 2.60 bits per heavy atom. The van der Waals surface area contributed by atoms with Gasteiger partial charge in [0.05, 0.1) is 10.9 Å². The molecule has 0 aliphatic carbocycles. The summed E-state index contributed by atoms with van der Waals surface area (Å²) in [7, 11) is 0. The fourth-order valence-corrected chi connectivity index (χ4v) is 2.09. The van der Waals surface area contributed by atoms with Gasteiger partial charge >= 0.3 is 0 Å². The van der Waals surface area contributed by atoms with Gasteiger partial charge in [0.25, 0.3) is 5.56 Å². The molecule has 0 saturated carbocycles. The van der Waals surface area contributed by atoms with Crippen LogP contribution in [0.5, 0.6) is 11.5 Å². The van der Waals surface area contributed by atoms with Crippen molar-refractivity contribution < 1.29 is 10.2 Å². The van der Waals surface area contributed by atoms with Gasteiger partial charge in [0.1, 0.15) is 5.82 Å². The zero-order valence-electron chi connectivity index (χ0n) is 10.1. The van der Waals surface area contributed by atoms with Gasteiger partial charge in [-0.05, 0) is 36.4 Å². The van der Waals surface area contributed by atoms with E-state index in [1.54, 1.807) is 24.3 Å². The second-order valence-electron chi connectivity index (χ2n) is 4.28. The lowest BCUT2D eigenvalue weighted by molar-refractivity contribution is 0.404. The Morgan fingerprint density at radius 2 is 1.85 bits per heavy atom. The summed E-state index contributed by atoms with van der Waals surface area (Å²) < 4.78 is 0. The van der Waals surface area contributed by atoms with Crippen LogP contribution in [-0.2, 0) is 0 Å².